The maximum absolute atomic E-state index is 12.8. The van der Waals surface area contributed by atoms with Crippen molar-refractivity contribution in [2.24, 2.45) is 11.5 Å². The Morgan fingerprint density at radius 2 is 1.97 bits per heavy atom. The highest BCUT2D eigenvalue weighted by atomic mass is 35.5. The third kappa shape index (κ3) is 4.01. The zero-order chi connectivity index (χ0) is 22.2. The van der Waals surface area contributed by atoms with Gasteiger partial charge in [0.2, 0.25) is 0 Å². The molecule has 0 aliphatic carbocycles. The van der Waals surface area contributed by atoms with Crippen molar-refractivity contribution in [3.8, 4) is 17.0 Å². The van der Waals surface area contributed by atoms with E-state index in [9.17, 15) is 18.0 Å². The molecule has 0 amide bonds. The van der Waals surface area contributed by atoms with Crippen LogP contribution in [-0.4, -0.2) is 42.0 Å². The van der Waals surface area contributed by atoms with E-state index in [4.69, 9.17) is 27.8 Å². The highest BCUT2D eigenvalue weighted by Gasteiger charge is 2.46. The minimum Gasteiger partial charge on any atom is -0.493 e. The molecular formula is C18H19ClF3N5O3. The Hall–Kier alpha value is -2.60. The topological polar surface area (TPSA) is 107 Å². The lowest BCUT2D eigenvalue weighted by Gasteiger charge is -2.42. The molecule has 8 nitrogen and oxygen atoms in total. The number of ether oxygens (including phenoxy) is 1. The lowest BCUT2D eigenvalue weighted by Crippen LogP contribution is -2.60. The first kappa shape index (κ1) is 22.1. The van der Waals surface area contributed by atoms with Crippen LogP contribution in [0.15, 0.2) is 30.3 Å². The van der Waals surface area contributed by atoms with E-state index in [1.807, 2.05) is 0 Å². The molecule has 1 aromatic carbocycles. The van der Waals surface area contributed by atoms with Crippen LogP contribution in [-0.2, 0) is 9.63 Å². The fourth-order valence-electron chi connectivity index (χ4n) is 2.95. The number of anilines is 1. The average molecular weight is 446 g/mol. The number of hydrogen-bond acceptors (Lipinski definition) is 8. The lowest BCUT2D eigenvalue weighted by molar-refractivity contribution is -0.204. The van der Waals surface area contributed by atoms with Gasteiger partial charge in [0.05, 0.1) is 29.1 Å². The van der Waals surface area contributed by atoms with Crippen molar-refractivity contribution in [2.75, 3.05) is 18.7 Å². The van der Waals surface area contributed by atoms with Crippen molar-refractivity contribution in [2.45, 2.75) is 25.6 Å². The molecule has 3 rings (SSSR count). The predicted molar refractivity (Wildman–Crippen MR) is 103 cm³/mol. The molecule has 0 fully saturated rings. The first-order valence-electron chi connectivity index (χ1n) is 8.80. The van der Waals surface area contributed by atoms with Crippen molar-refractivity contribution < 1.29 is 27.5 Å². The Labute approximate surface area is 175 Å². The Bertz CT molecular complexity index is 959. The smallest absolute Gasteiger partial charge is 0.493 e. The second kappa shape index (κ2) is 8.26. The molecule has 1 aromatic heterocycles. The first-order valence-corrected chi connectivity index (χ1v) is 9.18. The SMILES string of the molecule is CCOc1cccc(Cl)c1-c1ccc2c(n1)N(OC(=O)C(F)(F)F)C(N)N(C)C2N. The Morgan fingerprint density at radius 3 is 2.60 bits per heavy atom. The summed E-state index contributed by atoms with van der Waals surface area (Å²) in [4.78, 5) is 21.7. The molecule has 1 aliphatic rings. The van der Waals surface area contributed by atoms with Crippen molar-refractivity contribution in [3.63, 3.8) is 0 Å². The molecule has 0 spiro atoms. The second-order valence-electron chi connectivity index (χ2n) is 6.38. The minimum absolute atomic E-state index is 0.134. The molecule has 0 radical (unpaired) electrons. The first-order chi connectivity index (χ1) is 14.1. The number of rotatable bonds is 4. The van der Waals surface area contributed by atoms with Crippen molar-refractivity contribution >= 4 is 23.4 Å². The number of nitrogens with two attached hydrogens (primary N) is 2. The standard InChI is InChI=1S/C18H19ClF3N5O3/c1-3-29-12-6-4-5-10(19)13(12)11-8-7-9-14(23)26(2)17(24)27(15(9)25-11)30-16(28)18(20,21)22/h4-8,14,17H,3,23-24H2,1-2H3. The van der Waals surface area contributed by atoms with Gasteiger partial charge in [-0.1, -0.05) is 23.7 Å². The molecule has 30 heavy (non-hydrogen) atoms. The zero-order valence-electron chi connectivity index (χ0n) is 16.0. The van der Waals surface area contributed by atoms with Gasteiger partial charge in [0.1, 0.15) is 5.75 Å². The van der Waals surface area contributed by atoms with Crippen molar-refractivity contribution in [1.29, 1.82) is 0 Å². The van der Waals surface area contributed by atoms with Gasteiger partial charge in [-0.3, -0.25) is 10.6 Å². The van der Waals surface area contributed by atoms with Crippen LogP contribution in [0, 0.1) is 0 Å². The molecule has 162 valence electrons. The van der Waals surface area contributed by atoms with Crippen molar-refractivity contribution in [3.05, 3.63) is 40.9 Å². The van der Waals surface area contributed by atoms with E-state index in [-0.39, 0.29) is 11.5 Å². The van der Waals surface area contributed by atoms with Gasteiger partial charge in [-0.2, -0.15) is 18.2 Å². The summed E-state index contributed by atoms with van der Waals surface area (Å²) in [6.07, 6.45) is -7.32. The van der Waals surface area contributed by atoms with Crippen LogP contribution >= 0.6 is 11.6 Å². The molecule has 2 unspecified atom stereocenters. The van der Waals surface area contributed by atoms with Gasteiger partial charge in [-0.15, -0.1) is 0 Å². The normalized spacial score (nSPS) is 19.4. The van der Waals surface area contributed by atoms with E-state index < -0.39 is 24.6 Å². The van der Waals surface area contributed by atoms with Crippen LogP contribution in [0.25, 0.3) is 11.3 Å². The van der Waals surface area contributed by atoms with Gasteiger partial charge in [0.25, 0.3) is 0 Å². The fourth-order valence-corrected chi connectivity index (χ4v) is 3.21. The number of benzene rings is 1. The number of hydrogen-bond donors (Lipinski definition) is 2. The summed E-state index contributed by atoms with van der Waals surface area (Å²) in [5.41, 5.74) is 13.1. The number of carbonyl (C=O) groups is 1. The molecule has 2 aromatic rings. The second-order valence-corrected chi connectivity index (χ2v) is 6.79. The highest BCUT2D eigenvalue weighted by Crippen LogP contribution is 2.40. The van der Waals surface area contributed by atoms with E-state index in [0.29, 0.717) is 33.6 Å². The third-order valence-electron chi connectivity index (χ3n) is 4.47. The lowest BCUT2D eigenvalue weighted by atomic mass is 10.1. The molecule has 0 bridgehead atoms. The Morgan fingerprint density at radius 1 is 1.27 bits per heavy atom. The van der Waals surface area contributed by atoms with Gasteiger partial charge in [0.15, 0.2) is 12.1 Å². The van der Waals surface area contributed by atoms with Crippen molar-refractivity contribution in [1.82, 2.24) is 9.88 Å². The summed E-state index contributed by atoms with van der Waals surface area (Å²) < 4.78 is 43.9. The maximum Gasteiger partial charge on any atom is 0.493 e. The number of nitrogens with zero attached hydrogens (tertiary/aromatic N) is 3. The summed E-state index contributed by atoms with van der Waals surface area (Å²) >= 11 is 6.32. The molecule has 2 heterocycles. The highest BCUT2D eigenvalue weighted by molar-refractivity contribution is 6.33. The van der Waals surface area contributed by atoms with Gasteiger partial charge in [-0.25, -0.2) is 9.78 Å². The van der Waals surface area contributed by atoms with Crippen LogP contribution in [0.5, 0.6) is 5.75 Å². The van der Waals surface area contributed by atoms with Crippen LogP contribution in [0.2, 0.25) is 5.02 Å². The summed E-state index contributed by atoms with van der Waals surface area (Å²) in [7, 11) is 1.47. The van der Waals surface area contributed by atoms with Gasteiger partial charge in [0, 0.05) is 5.56 Å². The summed E-state index contributed by atoms with van der Waals surface area (Å²) in [6, 6.07) is 8.13. The summed E-state index contributed by atoms with van der Waals surface area (Å²) in [5.74, 6) is -2.14. The quantitative estimate of drug-likeness (QED) is 0.739. The van der Waals surface area contributed by atoms with Gasteiger partial charge < -0.3 is 15.3 Å². The number of pyridine rings is 1. The van der Waals surface area contributed by atoms with E-state index >= 15 is 0 Å². The number of halogens is 4. The number of fused-ring (bicyclic) bond motifs is 1. The molecule has 0 saturated heterocycles. The van der Waals surface area contributed by atoms with Gasteiger partial charge >= 0.3 is 12.1 Å². The van der Waals surface area contributed by atoms with E-state index in [0.717, 1.165) is 0 Å². The summed E-state index contributed by atoms with van der Waals surface area (Å²) in [5, 5.41) is 0.892. The monoisotopic (exact) mass is 445 g/mol. The van der Waals surface area contributed by atoms with E-state index in [2.05, 4.69) is 9.82 Å². The summed E-state index contributed by atoms with van der Waals surface area (Å²) in [6.45, 7) is 2.14. The van der Waals surface area contributed by atoms with E-state index in [1.165, 1.54) is 11.9 Å². The number of carbonyl (C=O) groups excluding carboxylic acids is 1. The van der Waals surface area contributed by atoms with Crippen LogP contribution in [0.3, 0.4) is 0 Å². The van der Waals surface area contributed by atoms with Crippen LogP contribution in [0.4, 0.5) is 19.0 Å². The predicted octanol–water partition coefficient (Wildman–Crippen LogP) is 2.77. The number of hydroxylamine groups is 1. The van der Waals surface area contributed by atoms with Crippen LogP contribution < -0.4 is 21.3 Å². The van der Waals surface area contributed by atoms with E-state index in [1.54, 1.807) is 37.3 Å². The molecule has 4 N–H and O–H groups in total. The van der Waals surface area contributed by atoms with Crippen LogP contribution in [0.1, 0.15) is 18.7 Å². The number of aromatic nitrogens is 1. The fraction of sp³-hybridized carbons (Fsp3) is 0.333. The third-order valence-corrected chi connectivity index (χ3v) is 4.79. The molecule has 0 saturated carbocycles. The minimum atomic E-state index is -5.22. The molecular weight excluding hydrogens is 427 g/mol. The Balaban J connectivity index is 2.13. The largest absolute Gasteiger partial charge is 0.493 e. The van der Waals surface area contributed by atoms with Gasteiger partial charge in [-0.05, 0) is 32.2 Å². The molecule has 2 atom stereocenters. The number of alkyl halides is 3. The maximum atomic E-state index is 12.8. The molecule has 12 heteroatoms. The average Bonchev–Trinajstić information content (AvgIpc) is 2.68. The zero-order valence-corrected chi connectivity index (χ0v) is 16.7. The molecule has 1 aliphatic heterocycles. The Kier molecular flexibility index (Phi) is 6.09.